The molecular weight excluding hydrogens is 1830 g/mol. The fourth-order valence-corrected chi connectivity index (χ4v) is 15.7. The zero-order valence-electron chi connectivity index (χ0n) is 84.9. The number of aromatic nitrogens is 24. The summed E-state index contributed by atoms with van der Waals surface area (Å²) in [5.74, 6) is 5.04. The van der Waals surface area contributed by atoms with Crippen LogP contribution in [-0.2, 0) is 50.3 Å². The molecule has 18 heterocycles. The van der Waals surface area contributed by atoms with Gasteiger partial charge in [0.15, 0.2) is 34.9 Å². The Hall–Kier alpha value is -13.4. The summed E-state index contributed by atoms with van der Waals surface area (Å²) in [4.78, 5) is 56.2. The molecule has 0 bridgehead atoms. The molecule has 0 aliphatic carbocycles. The van der Waals surface area contributed by atoms with Gasteiger partial charge in [0.05, 0.1) is 103 Å². The third-order valence-corrected chi connectivity index (χ3v) is 25.0. The number of nitrogens with zero attached hydrogens (tertiary/aromatic N) is 24. The molecule has 2 radical (unpaired) electrons. The van der Waals surface area contributed by atoms with Crippen molar-refractivity contribution in [2.45, 2.75) is 222 Å². The smallest absolute Gasteiger partial charge is 0.255 e. The average molecular weight is 1960 g/mol. The largest absolute Gasteiger partial charge is 3.00 e. The molecule has 137 heavy (non-hydrogen) atoms. The van der Waals surface area contributed by atoms with Gasteiger partial charge in [0, 0.05) is 71.3 Å². The van der Waals surface area contributed by atoms with Crippen molar-refractivity contribution in [2.75, 3.05) is 0 Å². The standard InChI is InChI=1S/4C19H22N4.2C17H18N4.3Co/c4*1-11-7-8-20-18(15(11)5)19-16(6)12(2)9-17(21-19)23-14(4)10-13(3)22-23;2*1-11-5-6-18-15(7-11)16-8-12(2)9-17(20-16)21-14(4)13(3)10-19-21;;;/h4*7-10H,1-6H3;2*5-10H,1-4H3;;;/q;;;;;;2*+2;+3. The molecule has 0 fully saturated rings. The van der Waals surface area contributed by atoms with Gasteiger partial charge in [0.1, 0.15) is 0 Å². The maximum atomic E-state index is 4.89. The molecule has 18 aromatic rings. The Morgan fingerprint density at radius 1 is 0.190 bits per heavy atom. The molecule has 0 aromatic carbocycles. The SMILES string of the molecule is Cc1cc(C)n(-c2cc(C)c(C)c(-c3nccc(C)c3C)n2)n1.Cc1cc(C)n(-c2cc(C)c(C)c(-c3nccc(C)c3C)n2)n1.Cc1cc(C)n(-c2cc(C)c(C)c(-c3nccc(C)c3C)n2)n1.Cc1cc(C)n(-c2cc(C)c(C)c(-c3nccc(C)c3C)n2)n1.Cc1ccnc(-c2cc(C)cc(-n3ncc(C)c3C)n2)c1.Cc1ccnc(-c2cc(C)cc(-n3ncc(C)c3C)n2)c1.[Co+2].[Co+2].[Co+3]. The second-order valence-electron chi connectivity index (χ2n) is 35.7. The van der Waals surface area contributed by atoms with E-state index in [9.17, 15) is 0 Å². The minimum Gasteiger partial charge on any atom is -0.255 e. The first kappa shape index (κ1) is 106. The van der Waals surface area contributed by atoms with Crippen LogP contribution in [0.4, 0.5) is 0 Å². The number of hydrogen-bond acceptors (Lipinski definition) is 18. The van der Waals surface area contributed by atoms with Crippen molar-refractivity contribution >= 4 is 0 Å². The zero-order valence-corrected chi connectivity index (χ0v) is 88.0. The third-order valence-electron chi connectivity index (χ3n) is 25.0. The third kappa shape index (κ3) is 24.0. The second kappa shape index (κ2) is 45.0. The second-order valence-corrected chi connectivity index (χ2v) is 35.7. The van der Waals surface area contributed by atoms with Crippen LogP contribution in [0.15, 0.2) is 171 Å². The number of pyridine rings is 12. The van der Waals surface area contributed by atoms with Gasteiger partial charge in [-0.3, -0.25) is 29.9 Å². The number of rotatable bonds is 12. The van der Waals surface area contributed by atoms with E-state index in [2.05, 4.69) is 287 Å². The molecule has 0 atom stereocenters. The normalized spacial score (nSPS) is 10.7. The van der Waals surface area contributed by atoms with E-state index < -0.39 is 0 Å². The number of hydrogen-bond donors (Lipinski definition) is 0. The zero-order chi connectivity index (χ0) is 96.9. The topological polar surface area (TPSA) is 262 Å². The molecule has 0 spiro atoms. The van der Waals surface area contributed by atoms with Gasteiger partial charge >= 0.3 is 50.3 Å². The van der Waals surface area contributed by atoms with Gasteiger partial charge in [-0.15, -0.1) is 0 Å². The van der Waals surface area contributed by atoms with Gasteiger partial charge in [-0.25, -0.2) is 58.0 Å². The van der Waals surface area contributed by atoms with E-state index in [1.54, 1.807) is 0 Å². The molecule has 0 aliphatic rings. The molecule has 704 valence electrons. The van der Waals surface area contributed by atoms with Gasteiger partial charge in [-0.2, -0.15) is 30.6 Å². The molecule has 0 saturated carbocycles. The molecule has 0 unspecified atom stereocenters. The Balaban J connectivity index is 0.000000169. The summed E-state index contributed by atoms with van der Waals surface area (Å²) in [5.41, 5.74) is 47.6. The predicted octanol–water partition coefficient (Wildman–Crippen LogP) is 23.8. The quantitative estimate of drug-likeness (QED) is 0.110. The fraction of sp³-hybridized carbons (Fsp3) is 0.291. The monoisotopic (exact) mass is 1960 g/mol. The van der Waals surface area contributed by atoms with E-state index in [0.717, 1.165) is 205 Å². The predicted molar refractivity (Wildman–Crippen MR) is 539 cm³/mol. The van der Waals surface area contributed by atoms with E-state index in [1.165, 1.54) is 77.9 Å². The Labute approximate surface area is 837 Å². The summed E-state index contributed by atoms with van der Waals surface area (Å²) in [5, 5.41) is 27.1. The summed E-state index contributed by atoms with van der Waals surface area (Å²) in [6.07, 6.45) is 14.8. The maximum absolute atomic E-state index is 4.89. The molecule has 0 saturated heterocycles. The van der Waals surface area contributed by atoms with Crippen LogP contribution < -0.4 is 0 Å². The molecule has 0 N–H and O–H groups in total. The molecule has 0 aliphatic heterocycles. The molecular formula is C110H124Co3N24+7. The minimum atomic E-state index is 0. The van der Waals surface area contributed by atoms with Gasteiger partial charge in [-0.1, -0.05) is 0 Å². The molecule has 0 amide bonds. The van der Waals surface area contributed by atoms with E-state index in [0.29, 0.717) is 0 Å². The van der Waals surface area contributed by atoms with Crippen LogP contribution in [0.3, 0.4) is 0 Å². The fourth-order valence-electron chi connectivity index (χ4n) is 15.7. The Bertz CT molecular complexity index is 6710. The van der Waals surface area contributed by atoms with E-state index in [-0.39, 0.29) is 50.3 Å². The van der Waals surface area contributed by atoms with Crippen LogP contribution in [0, 0.1) is 222 Å². The van der Waals surface area contributed by atoms with Crippen molar-refractivity contribution < 1.29 is 50.3 Å². The first-order chi connectivity index (χ1) is 63.6. The molecule has 18 rings (SSSR count). The van der Waals surface area contributed by atoms with Crippen molar-refractivity contribution in [3.05, 3.63) is 350 Å². The summed E-state index contributed by atoms with van der Waals surface area (Å²) < 4.78 is 11.4. The average Bonchev–Trinajstić information content (AvgIpc) is 1.78. The van der Waals surface area contributed by atoms with Crippen LogP contribution in [-0.4, -0.2) is 118 Å². The van der Waals surface area contributed by atoms with Gasteiger partial charge in [-0.05, 0) is 465 Å². The summed E-state index contributed by atoms with van der Waals surface area (Å²) in [7, 11) is 0. The minimum absolute atomic E-state index is 0. The molecule has 27 heteroatoms. The van der Waals surface area contributed by atoms with Crippen LogP contribution in [0.25, 0.3) is 103 Å². The van der Waals surface area contributed by atoms with Crippen LogP contribution >= 0.6 is 0 Å². The Morgan fingerprint density at radius 3 is 0.620 bits per heavy atom. The Kier molecular flexibility index (Phi) is 34.7. The molecule has 18 aromatic heterocycles. The maximum Gasteiger partial charge on any atom is 3.00 e. The summed E-state index contributed by atoms with van der Waals surface area (Å²) in [6.45, 7) is 66.3. The van der Waals surface area contributed by atoms with Gasteiger partial charge in [0.2, 0.25) is 0 Å². The molecule has 24 nitrogen and oxygen atoms in total. The summed E-state index contributed by atoms with van der Waals surface area (Å²) >= 11 is 0. The van der Waals surface area contributed by atoms with Gasteiger partial charge < -0.3 is 0 Å². The van der Waals surface area contributed by atoms with Crippen molar-refractivity contribution in [2.24, 2.45) is 0 Å². The first-order valence-corrected chi connectivity index (χ1v) is 45.3. The van der Waals surface area contributed by atoms with E-state index in [4.69, 9.17) is 29.9 Å². The summed E-state index contributed by atoms with van der Waals surface area (Å²) in [6, 6.07) is 41.0. The Morgan fingerprint density at radius 2 is 0.409 bits per heavy atom. The first-order valence-electron chi connectivity index (χ1n) is 45.3. The van der Waals surface area contributed by atoms with E-state index in [1.807, 2.05) is 194 Å². The van der Waals surface area contributed by atoms with Gasteiger partial charge in [0.25, 0.3) is 0 Å². The van der Waals surface area contributed by atoms with Crippen molar-refractivity contribution in [1.29, 1.82) is 0 Å². The number of aryl methyl sites for hydroxylation is 22. The van der Waals surface area contributed by atoms with Crippen LogP contribution in [0.2, 0.25) is 0 Å². The van der Waals surface area contributed by atoms with Crippen LogP contribution in [0.5, 0.6) is 0 Å². The van der Waals surface area contributed by atoms with Crippen molar-refractivity contribution in [1.82, 2.24) is 118 Å². The van der Waals surface area contributed by atoms with Crippen LogP contribution in [0.1, 0.15) is 179 Å². The van der Waals surface area contributed by atoms with Crippen molar-refractivity contribution in [3.8, 4) is 103 Å². The van der Waals surface area contributed by atoms with E-state index >= 15 is 0 Å². The van der Waals surface area contributed by atoms with Crippen molar-refractivity contribution in [3.63, 3.8) is 0 Å².